The fourth-order valence-corrected chi connectivity index (χ4v) is 1.63. The molecular weight excluding hydrogens is 136 g/mol. The summed E-state index contributed by atoms with van der Waals surface area (Å²) in [5, 5.41) is 0. The maximum atomic E-state index is 4.29. The zero-order chi connectivity index (χ0) is 8.27. The molecule has 0 N–H and O–H groups in total. The van der Waals surface area contributed by atoms with Crippen LogP contribution in [0.4, 0.5) is 0 Å². The second-order valence-electron chi connectivity index (χ2n) is 3.38. The monoisotopic (exact) mass is 154 g/mol. The minimum Gasteiger partial charge on any atom is -0.358 e. The molecule has 2 heteroatoms. The molecule has 0 amide bonds. The molecule has 0 radical (unpaired) electrons. The van der Waals surface area contributed by atoms with Gasteiger partial charge in [0.25, 0.3) is 0 Å². The van der Waals surface area contributed by atoms with E-state index in [4.69, 9.17) is 0 Å². The predicted molar refractivity (Wildman–Crippen MR) is 49.1 cm³/mol. The number of aliphatic imine (C=N–C) groups is 1. The van der Waals surface area contributed by atoms with E-state index < -0.39 is 0 Å². The fourth-order valence-electron chi connectivity index (χ4n) is 1.63. The second kappa shape index (κ2) is 3.74. The first-order chi connectivity index (χ1) is 5.25. The molecule has 0 bridgehead atoms. The van der Waals surface area contributed by atoms with Crippen molar-refractivity contribution in [2.45, 2.75) is 39.2 Å². The van der Waals surface area contributed by atoms with Crippen LogP contribution in [0.1, 0.15) is 33.1 Å². The van der Waals surface area contributed by atoms with E-state index in [1.165, 1.54) is 31.6 Å². The van der Waals surface area contributed by atoms with Crippen LogP contribution in [-0.2, 0) is 0 Å². The lowest BCUT2D eigenvalue weighted by Gasteiger charge is -2.33. The maximum Gasteiger partial charge on any atom is 0.0987 e. The van der Waals surface area contributed by atoms with Crippen molar-refractivity contribution < 1.29 is 0 Å². The lowest BCUT2D eigenvalue weighted by molar-refractivity contribution is 0.313. The van der Waals surface area contributed by atoms with Crippen LogP contribution in [0.3, 0.4) is 0 Å². The molecule has 1 aliphatic heterocycles. The highest BCUT2D eigenvalue weighted by Gasteiger charge is 2.17. The Balaban J connectivity index is 2.59. The number of hydrogen-bond donors (Lipinski definition) is 0. The van der Waals surface area contributed by atoms with Crippen LogP contribution in [0.5, 0.6) is 0 Å². The molecule has 2 nitrogen and oxygen atoms in total. The van der Waals surface area contributed by atoms with E-state index in [0.29, 0.717) is 6.04 Å². The Kier molecular flexibility index (Phi) is 2.92. The zero-order valence-electron chi connectivity index (χ0n) is 7.80. The normalized spacial score (nSPS) is 23.3. The van der Waals surface area contributed by atoms with E-state index in [1.807, 2.05) is 7.05 Å². The van der Waals surface area contributed by atoms with Crippen molar-refractivity contribution in [1.82, 2.24) is 4.90 Å². The molecular formula is C9H18N2. The van der Waals surface area contributed by atoms with Gasteiger partial charge in [-0.15, -0.1) is 0 Å². The summed E-state index contributed by atoms with van der Waals surface area (Å²) in [7, 11) is 1.90. The summed E-state index contributed by atoms with van der Waals surface area (Å²) in [6.45, 7) is 5.66. The summed E-state index contributed by atoms with van der Waals surface area (Å²) in [6, 6.07) is 0.619. The third kappa shape index (κ3) is 1.95. The molecule has 0 aromatic rings. The summed E-state index contributed by atoms with van der Waals surface area (Å²) >= 11 is 0. The SMILES string of the molecule is C/N=C1/CCCCN1C(C)C. The van der Waals surface area contributed by atoms with Crippen LogP contribution in [0.15, 0.2) is 4.99 Å². The molecule has 64 valence electrons. The molecule has 0 aromatic carbocycles. The van der Waals surface area contributed by atoms with Gasteiger partial charge in [-0.1, -0.05) is 0 Å². The van der Waals surface area contributed by atoms with Gasteiger partial charge in [-0.2, -0.15) is 0 Å². The fraction of sp³-hybridized carbons (Fsp3) is 0.889. The summed E-state index contributed by atoms with van der Waals surface area (Å²) in [5.41, 5.74) is 0. The third-order valence-electron chi connectivity index (χ3n) is 2.26. The van der Waals surface area contributed by atoms with Gasteiger partial charge < -0.3 is 4.90 Å². The smallest absolute Gasteiger partial charge is 0.0987 e. The molecule has 0 aromatic heterocycles. The van der Waals surface area contributed by atoms with Gasteiger partial charge in [-0.3, -0.25) is 4.99 Å². The molecule has 1 aliphatic rings. The van der Waals surface area contributed by atoms with Gasteiger partial charge in [-0.05, 0) is 26.7 Å². The Morgan fingerprint density at radius 3 is 2.55 bits per heavy atom. The van der Waals surface area contributed by atoms with Crippen LogP contribution >= 0.6 is 0 Å². The van der Waals surface area contributed by atoms with Gasteiger partial charge in [0.05, 0.1) is 5.84 Å². The van der Waals surface area contributed by atoms with Crippen molar-refractivity contribution in [2.75, 3.05) is 13.6 Å². The first kappa shape index (κ1) is 8.57. The quantitative estimate of drug-likeness (QED) is 0.563. The standard InChI is InChI=1S/C9H18N2/c1-8(2)11-7-5-4-6-9(11)10-3/h8H,4-7H2,1-3H3/b10-9-. The van der Waals surface area contributed by atoms with Crippen molar-refractivity contribution in [2.24, 2.45) is 4.99 Å². The number of nitrogens with zero attached hydrogens (tertiary/aromatic N) is 2. The van der Waals surface area contributed by atoms with Gasteiger partial charge in [0.2, 0.25) is 0 Å². The van der Waals surface area contributed by atoms with Crippen LogP contribution < -0.4 is 0 Å². The van der Waals surface area contributed by atoms with Gasteiger partial charge in [0, 0.05) is 26.1 Å². The highest BCUT2D eigenvalue weighted by Crippen LogP contribution is 2.14. The maximum absolute atomic E-state index is 4.29. The van der Waals surface area contributed by atoms with Crippen molar-refractivity contribution >= 4 is 5.84 Å². The number of hydrogen-bond acceptors (Lipinski definition) is 1. The molecule has 1 rings (SSSR count). The molecule has 1 saturated heterocycles. The molecule has 0 unspecified atom stereocenters. The number of amidine groups is 1. The van der Waals surface area contributed by atoms with E-state index >= 15 is 0 Å². The lowest BCUT2D eigenvalue weighted by atomic mass is 10.1. The Labute approximate surface area is 69.3 Å². The molecule has 11 heavy (non-hydrogen) atoms. The number of piperidine rings is 1. The van der Waals surface area contributed by atoms with Gasteiger partial charge in [0.15, 0.2) is 0 Å². The largest absolute Gasteiger partial charge is 0.358 e. The molecule has 0 aliphatic carbocycles. The molecule has 0 saturated carbocycles. The van der Waals surface area contributed by atoms with Crippen LogP contribution in [0, 0.1) is 0 Å². The first-order valence-electron chi connectivity index (χ1n) is 4.48. The summed E-state index contributed by atoms with van der Waals surface area (Å²) in [5.74, 6) is 1.30. The highest BCUT2D eigenvalue weighted by atomic mass is 15.2. The molecule has 0 atom stereocenters. The van der Waals surface area contributed by atoms with Crippen molar-refractivity contribution in [3.05, 3.63) is 0 Å². The van der Waals surface area contributed by atoms with E-state index in [1.54, 1.807) is 0 Å². The Morgan fingerprint density at radius 1 is 1.36 bits per heavy atom. The molecule has 0 spiro atoms. The molecule has 1 heterocycles. The lowest BCUT2D eigenvalue weighted by Crippen LogP contribution is -2.40. The van der Waals surface area contributed by atoms with Crippen molar-refractivity contribution in [3.8, 4) is 0 Å². The zero-order valence-corrected chi connectivity index (χ0v) is 7.80. The summed E-state index contributed by atoms with van der Waals surface area (Å²) in [6.07, 6.45) is 3.82. The van der Waals surface area contributed by atoms with E-state index in [-0.39, 0.29) is 0 Å². The average molecular weight is 154 g/mol. The number of rotatable bonds is 1. The van der Waals surface area contributed by atoms with Crippen LogP contribution in [0.2, 0.25) is 0 Å². The van der Waals surface area contributed by atoms with Crippen LogP contribution in [0.25, 0.3) is 0 Å². The van der Waals surface area contributed by atoms with Crippen molar-refractivity contribution in [3.63, 3.8) is 0 Å². The first-order valence-corrected chi connectivity index (χ1v) is 4.48. The topological polar surface area (TPSA) is 15.6 Å². The van der Waals surface area contributed by atoms with E-state index in [9.17, 15) is 0 Å². The van der Waals surface area contributed by atoms with Crippen LogP contribution in [-0.4, -0.2) is 30.4 Å². The predicted octanol–water partition coefficient (Wildman–Crippen LogP) is 1.91. The second-order valence-corrected chi connectivity index (χ2v) is 3.38. The average Bonchev–Trinajstić information content (AvgIpc) is 2.04. The summed E-state index contributed by atoms with van der Waals surface area (Å²) in [4.78, 5) is 6.70. The minimum absolute atomic E-state index is 0.619. The van der Waals surface area contributed by atoms with Crippen molar-refractivity contribution in [1.29, 1.82) is 0 Å². The van der Waals surface area contributed by atoms with E-state index in [0.717, 1.165) is 0 Å². The Hall–Kier alpha value is -0.530. The summed E-state index contributed by atoms with van der Waals surface area (Å²) < 4.78 is 0. The van der Waals surface area contributed by atoms with Gasteiger partial charge in [0.1, 0.15) is 0 Å². The number of likely N-dealkylation sites (tertiary alicyclic amines) is 1. The Morgan fingerprint density at radius 2 is 2.09 bits per heavy atom. The van der Waals surface area contributed by atoms with Gasteiger partial charge in [-0.25, -0.2) is 0 Å². The highest BCUT2D eigenvalue weighted by molar-refractivity contribution is 5.83. The van der Waals surface area contributed by atoms with E-state index in [2.05, 4.69) is 23.7 Å². The van der Waals surface area contributed by atoms with Gasteiger partial charge >= 0.3 is 0 Å². The molecule has 1 fully saturated rings. The Bertz CT molecular complexity index is 150. The minimum atomic E-state index is 0.619. The third-order valence-corrected chi connectivity index (χ3v) is 2.26.